The van der Waals surface area contributed by atoms with Crippen molar-refractivity contribution >= 4 is 11.7 Å². The van der Waals surface area contributed by atoms with E-state index < -0.39 is 0 Å². The minimum atomic E-state index is -0.0691. The average Bonchev–Trinajstić information content (AvgIpc) is 2.40. The fraction of sp³-hybridized carbons (Fsp3) is 0.500. The molecule has 0 heterocycles. The van der Waals surface area contributed by atoms with Crippen LogP contribution in [0.5, 0.6) is 0 Å². The minimum absolute atomic E-state index is 0.0691. The number of rotatable bonds is 6. The summed E-state index contributed by atoms with van der Waals surface area (Å²) < 4.78 is 0. The molecule has 0 bridgehead atoms. The summed E-state index contributed by atoms with van der Waals surface area (Å²) in [5.74, 6) is 0. The van der Waals surface area contributed by atoms with Gasteiger partial charge >= 0.3 is 6.03 Å². The van der Waals surface area contributed by atoms with E-state index in [2.05, 4.69) is 19.2 Å². The van der Waals surface area contributed by atoms with Crippen LogP contribution in [0.3, 0.4) is 0 Å². The van der Waals surface area contributed by atoms with Crippen LogP contribution >= 0.6 is 0 Å². The standard InChI is InChI=1S/C14H23N3O/c1-3-13(4-2)17(11-10-15)14(18)16-12-8-6-5-7-9-12/h5-9,13H,3-4,10-11,15H2,1-2H3,(H,16,18). The van der Waals surface area contributed by atoms with Gasteiger partial charge in [-0.2, -0.15) is 0 Å². The van der Waals surface area contributed by atoms with Crippen LogP contribution in [0.25, 0.3) is 0 Å². The summed E-state index contributed by atoms with van der Waals surface area (Å²) >= 11 is 0. The molecule has 1 rings (SSSR count). The van der Waals surface area contributed by atoms with E-state index in [-0.39, 0.29) is 12.1 Å². The molecule has 3 N–H and O–H groups in total. The first-order chi connectivity index (χ1) is 8.72. The van der Waals surface area contributed by atoms with Gasteiger partial charge in [0.05, 0.1) is 0 Å². The Morgan fingerprint density at radius 1 is 1.28 bits per heavy atom. The van der Waals surface area contributed by atoms with Crippen LogP contribution in [-0.2, 0) is 0 Å². The van der Waals surface area contributed by atoms with Crippen LogP contribution in [0.4, 0.5) is 10.5 Å². The summed E-state index contributed by atoms with van der Waals surface area (Å²) in [6.07, 6.45) is 1.89. The summed E-state index contributed by atoms with van der Waals surface area (Å²) in [6.45, 7) is 5.25. The van der Waals surface area contributed by atoms with Crippen LogP contribution in [-0.4, -0.2) is 30.1 Å². The van der Waals surface area contributed by atoms with Gasteiger partial charge in [0, 0.05) is 24.8 Å². The van der Waals surface area contributed by atoms with Gasteiger partial charge in [0.2, 0.25) is 0 Å². The smallest absolute Gasteiger partial charge is 0.322 e. The van der Waals surface area contributed by atoms with Gasteiger partial charge in [0.25, 0.3) is 0 Å². The summed E-state index contributed by atoms with van der Waals surface area (Å²) in [4.78, 5) is 14.0. The highest BCUT2D eigenvalue weighted by molar-refractivity contribution is 5.89. The van der Waals surface area contributed by atoms with Crippen molar-refractivity contribution in [3.8, 4) is 0 Å². The number of hydrogen-bond acceptors (Lipinski definition) is 2. The van der Waals surface area contributed by atoms with Crippen molar-refractivity contribution < 1.29 is 4.79 Å². The zero-order valence-corrected chi connectivity index (χ0v) is 11.2. The molecule has 0 radical (unpaired) electrons. The van der Waals surface area contributed by atoms with Gasteiger partial charge in [0.1, 0.15) is 0 Å². The van der Waals surface area contributed by atoms with E-state index in [1.807, 2.05) is 35.2 Å². The fourth-order valence-corrected chi connectivity index (χ4v) is 2.04. The summed E-state index contributed by atoms with van der Waals surface area (Å²) in [5.41, 5.74) is 6.40. The third-order valence-electron chi connectivity index (χ3n) is 3.04. The highest BCUT2D eigenvalue weighted by Gasteiger charge is 2.20. The Labute approximate surface area is 109 Å². The number of nitrogens with zero attached hydrogens (tertiary/aromatic N) is 1. The number of para-hydroxylation sites is 1. The molecule has 0 aliphatic carbocycles. The van der Waals surface area contributed by atoms with Crippen molar-refractivity contribution in [1.29, 1.82) is 0 Å². The zero-order chi connectivity index (χ0) is 13.4. The highest BCUT2D eigenvalue weighted by atomic mass is 16.2. The van der Waals surface area contributed by atoms with Crippen molar-refractivity contribution in [1.82, 2.24) is 4.90 Å². The number of carbonyl (C=O) groups is 1. The lowest BCUT2D eigenvalue weighted by molar-refractivity contribution is 0.185. The molecule has 2 amide bonds. The molecule has 0 aliphatic heterocycles. The highest BCUT2D eigenvalue weighted by Crippen LogP contribution is 2.12. The van der Waals surface area contributed by atoms with Crippen molar-refractivity contribution in [3.05, 3.63) is 30.3 Å². The SMILES string of the molecule is CCC(CC)N(CCN)C(=O)Nc1ccccc1. The van der Waals surface area contributed by atoms with E-state index in [4.69, 9.17) is 5.73 Å². The van der Waals surface area contributed by atoms with Gasteiger partial charge in [-0.05, 0) is 25.0 Å². The van der Waals surface area contributed by atoms with Gasteiger partial charge in [-0.15, -0.1) is 0 Å². The average molecular weight is 249 g/mol. The van der Waals surface area contributed by atoms with Crippen molar-refractivity contribution in [2.75, 3.05) is 18.4 Å². The van der Waals surface area contributed by atoms with Crippen LogP contribution in [0.1, 0.15) is 26.7 Å². The lowest BCUT2D eigenvalue weighted by Gasteiger charge is -2.30. The number of anilines is 1. The molecule has 18 heavy (non-hydrogen) atoms. The van der Waals surface area contributed by atoms with E-state index in [1.165, 1.54) is 0 Å². The Kier molecular flexibility index (Phi) is 6.22. The van der Waals surface area contributed by atoms with E-state index in [9.17, 15) is 4.79 Å². The van der Waals surface area contributed by atoms with Crippen LogP contribution in [0.15, 0.2) is 30.3 Å². The minimum Gasteiger partial charge on any atom is -0.329 e. The Balaban J connectivity index is 2.70. The van der Waals surface area contributed by atoms with Gasteiger partial charge in [-0.3, -0.25) is 0 Å². The van der Waals surface area contributed by atoms with E-state index >= 15 is 0 Å². The second-order valence-electron chi connectivity index (χ2n) is 4.25. The Morgan fingerprint density at radius 2 is 1.89 bits per heavy atom. The predicted molar refractivity (Wildman–Crippen MR) is 75.6 cm³/mol. The second-order valence-corrected chi connectivity index (χ2v) is 4.25. The molecular weight excluding hydrogens is 226 g/mol. The maximum absolute atomic E-state index is 12.2. The van der Waals surface area contributed by atoms with Crippen LogP contribution < -0.4 is 11.1 Å². The first kappa shape index (κ1) is 14.5. The molecule has 0 aliphatic rings. The molecule has 0 aromatic heterocycles. The molecule has 0 saturated heterocycles. The number of hydrogen-bond donors (Lipinski definition) is 2. The largest absolute Gasteiger partial charge is 0.329 e. The van der Waals surface area contributed by atoms with Crippen molar-refractivity contribution in [2.24, 2.45) is 5.73 Å². The summed E-state index contributed by atoms with van der Waals surface area (Å²) in [5, 5.41) is 2.91. The topological polar surface area (TPSA) is 58.4 Å². The van der Waals surface area contributed by atoms with E-state index in [0.29, 0.717) is 13.1 Å². The molecule has 4 nitrogen and oxygen atoms in total. The zero-order valence-electron chi connectivity index (χ0n) is 11.2. The van der Waals surface area contributed by atoms with E-state index in [0.717, 1.165) is 18.5 Å². The van der Waals surface area contributed by atoms with Gasteiger partial charge in [-0.25, -0.2) is 4.79 Å². The van der Waals surface area contributed by atoms with Crippen LogP contribution in [0, 0.1) is 0 Å². The maximum Gasteiger partial charge on any atom is 0.322 e. The lowest BCUT2D eigenvalue weighted by atomic mass is 10.1. The Bertz CT molecular complexity index is 349. The Hall–Kier alpha value is -1.55. The number of nitrogens with two attached hydrogens (primary N) is 1. The third-order valence-corrected chi connectivity index (χ3v) is 3.04. The molecule has 0 unspecified atom stereocenters. The Morgan fingerprint density at radius 3 is 2.39 bits per heavy atom. The number of carbonyl (C=O) groups excluding carboxylic acids is 1. The number of nitrogens with one attached hydrogen (secondary N) is 1. The normalized spacial score (nSPS) is 10.4. The first-order valence-corrected chi connectivity index (χ1v) is 6.55. The number of amides is 2. The lowest BCUT2D eigenvalue weighted by Crippen LogP contribution is -2.45. The number of benzene rings is 1. The van der Waals surface area contributed by atoms with Crippen molar-refractivity contribution in [3.63, 3.8) is 0 Å². The summed E-state index contributed by atoms with van der Waals surface area (Å²) in [6, 6.07) is 9.67. The molecular formula is C14H23N3O. The molecule has 0 spiro atoms. The molecule has 100 valence electrons. The quantitative estimate of drug-likeness (QED) is 0.814. The predicted octanol–water partition coefficient (Wildman–Crippen LogP) is 2.67. The molecule has 4 heteroatoms. The van der Waals surface area contributed by atoms with Crippen molar-refractivity contribution in [2.45, 2.75) is 32.7 Å². The fourth-order valence-electron chi connectivity index (χ4n) is 2.04. The second kappa shape index (κ2) is 7.71. The molecule has 0 atom stereocenters. The first-order valence-electron chi connectivity index (χ1n) is 6.55. The van der Waals surface area contributed by atoms with Gasteiger partial charge in [-0.1, -0.05) is 32.0 Å². The molecule has 1 aromatic carbocycles. The van der Waals surface area contributed by atoms with Gasteiger partial charge in [0.15, 0.2) is 0 Å². The monoisotopic (exact) mass is 249 g/mol. The number of urea groups is 1. The van der Waals surface area contributed by atoms with Gasteiger partial charge < -0.3 is 16.0 Å². The van der Waals surface area contributed by atoms with E-state index in [1.54, 1.807) is 0 Å². The molecule has 0 fully saturated rings. The summed E-state index contributed by atoms with van der Waals surface area (Å²) in [7, 11) is 0. The third kappa shape index (κ3) is 4.04. The molecule has 0 saturated carbocycles. The van der Waals surface area contributed by atoms with Crippen LogP contribution in [0.2, 0.25) is 0 Å². The maximum atomic E-state index is 12.2. The molecule has 1 aromatic rings.